The van der Waals surface area contributed by atoms with E-state index in [4.69, 9.17) is 10.2 Å². The van der Waals surface area contributed by atoms with Gasteiger partial charge in [-0.1, -0.05) is 24.6 Å². The van der Waals surface area contributed by atoms with Crippen LogP contribution in [0.4, 0.5) is 0 Å². The summed E-state index contributed by atoms with van der Waals surface area (Å²) >= 11 is 1.30. The highest BCUT2D eigenvalue weighted by Crippen LogP contribution is 2.24. The SMILES string of the molecule is CC(Sc1nnc(CN)o1)C(=O)N1CCCCCC1. The van der Waals surface area contributed by atoms with Crippen molar-refractivity contribution >= 4 is 17.7 Å². The molecule has 1 fully saturated rings. The summed E-state index contributed by atoms with van der Waals surface area (Å²) < 4.78 is 5.31. The van der Waals surface area contributed by atoms with Gasteiger partial charge in [-0.05, 0) is 19.8 Å². The third-order valence-electron chi connectivity index (χ3n) is 3.17. The van der Waals surface area contributed by atoms with Gasteiger partial charge in [0.05, 0.1) is 11.8 Å². The van der Waals surface area contributed by atoms with Crippen molar-refractivity contribution in [1.29, 1.82) is 0 Å². The normalized spacial score (nSPS) is 18.1. The number of nitrogens with zero attached hydrogens (tertiary/aromatic N) is 3. The van der Waals surface area contributed by atoms with Gasteiger partial charge < -0.3 is 15.1 Å². The predicted octanol–water partition coefficient (Wildman–Crippen LogP) is 1.41. The maximum atomic E-state index is 12.3. The molecule has 1 aromatic rings. The van der Waals surface area contributed by atoms with Crippen molar-refractivity contribution in [2.75, 3.05) is 13.1 Å². The minimum absolute atomic E-state index is 0.152. The number of carbonyl (C=O) groups is 1. The summed E-state index contributed by atoms with van der Waals surface area (Å²) in [6, 6.07) is 0. The summed E-state index contributed by atoms with van der Waals surface area (Å²) in [6.45, 7) is 3.83. The molecule has 1 aliphatic heterocycles. The monoisotopic (exact) mass is 284 g/mol. The summed E-state index contributed by atoms with van der Waals surface area (Å²) in [5, 5.41) is 7.86. The Morgan fingerprint density at radius 2 is 2.05 bits per heavy atom. The fourth-order valence-corrected chi connectivity index (χ4v) is 2.90. The minimum atomic E-state index is -0.204. The lowest BCUT2D eigenvalue weighted by Crippen LogP contribution is -2.37. The molecular weight excluding hydrogens is 264 g/mol. The molecule has 0 aromatic carbocycles. The lowest BCUT2D eigenvalue weighted by atomic mass is 10.2. The maximum absolute atomic E-state index is 12.3. The van der Waals surface area contributed by atoms with Crippen LogP contribution in [0.3, 0.4) is 0 Å². The van der Waals surface area contributed by atoms with E-state index < -0.39 is 0 Å². The number of aromatic nitrogens is 2. The van der Waals surface area contributed by atoms with Crippen molar-refractivity contribution in [2.45, 2.75) is 49.6 Å². The number of thioether (sulfide) groups is 1. The molecule has 106 valence electrons. The van der Waals surface area contributed by atoms with Gasteiger partial charge in [0, 0.05) is 13.1 Å². The molecular formula is C12H20N4O2S. The quantitative estimate of drug-likeness (QED) is 0.841. The first-order chi connectivity index (χ1) is 9.20. The lowest BCUT2D eigenvalue weighted by molar-refractivity contribution is -0.130. The molecule has 1 atom stereocenters. The van der Waals surface area contributed by atoms with Crippen molar-refractivity contribution < 1.29 is 9.21 Å². The summed E-state index contributed by atoms with van der Waals surface area (Å²) in [6.07, 6.45) is 4.63. The number of carbonyl (C=O) groups excluding carboxylic acids is 1. The molecule has 0 radical (unpaired) electrons. The number of likely N-dealkylation sites (tertiary alicyclic amines) is 1. The molecule has 2 heterocycles. The highest BCUT2D eigenvalue weighted by atomic mass is 32.2. The second-order valence-corrected chi connectivity index (χ2v) is 5.96. The van der Waals surface area contributed by atoms with Gasteiger partial charge in [0.25, 0.3) is 5.22 Å². The minimum Gasteiger partial charge on any atom is -0.415 e. The van der Waals surface area contributed by atoms with E-state index >= 15 is 0 Å². The molecule has 2 rings (SSSR count). The second kappa shape index (κ2) is 6.91. The van der Waals surface area contributed by atoms with Crippen molar-refractivity contribution in [3.63, 3.8) is 0 Å². The highest BCUT2D eigenvalue weighted by molar-refractivity contribution is 8.00. The molecule has 1 amide bonds. The van der Waals surface area contributed by atoms with Crippen LogP contribution < -0.4 is 5.73 Å². The topological polar surface area (TPSA) is 85.2 Å². The van der Waals surface area contributed by atoms with Crippen molar-refractivity contribution in [3.05, 3.63) is 5.89 Å². The Balaban J connectivity index is 1.90. The van der Waals surface area contributed by atoms with Crippen LogP contribution in [0, 0.1) is 0 Å². The highest BCUT2D eigenvalue weighted by Gasteiger charge is 2.24. The molecule has 7 heteroatoms. The van der Waals surface area contributed by atoms with Gasteiger partial charge in [0.1, 0.15) is 0 Å². The van der Waals surface area contributed by atoms with Crippen LogP contribution in [0.1, 0.15) is 38.5 Å². The molecule has 1 saturated heterocycles. The van der Waals surface area contributed by atoms with Crippen molar-refractivity contribution in [1.82, 2.24) is 15.1 Å². The third kappa shape index (κ3) is 3.94. The number of amides is 1. The van der Waals surface area contributed by atoms with E-state index in [0.717, 1.165) is 25.9 Å². The third-order valence-corrected chi connectivity index (χ3v) is 4.09. The van der Waals surface area contributed by atoms with Crippen LogP contribution in [0.25, 0.3) is 0 Å². The number of nitrogens with two attached hydrogens (primary N) is 1. The van der Waals surface area contributed by atoms with Gasteiger partial charge in [-0.25, -0.2) is 0 Å². The molecule has 0 aliphatic carbocycles. The second-order valence-electron chi connectivity index (χ2n) is 4.67. The molecule has 2 N–H and O–H groups in total. The zero-order valence-corrected chi connectivity index (χ0v) is 12.0. The van der Waals surface area contributed by atoms with Crippen LogP contribution in [-0.4, -0.2) is 39.3 Å². The predicted molar refractivity (Wildman–Crippen MR) is 72.6 cm³/mol. The molecule has 19 heavy (non-hydrogen) atoms. The smallest absolute Gasteiger partial charge is 0.277 e. The van der Waals surface area contributed by atoms with Crippen LogP contribution in [0.15, 0.2) is 9.64 Å². The summed E-state index contributed by atoms with van der Waals surface area (Å²) in [5.41, 5.74) is 5.41. The van der Waals surface area contributed by atoms with Gasteiger partial charge in [0.15, 0.2) is 0 Å². The van der Waals surface area contributed by atoms with E-state index in [1.165, 1.54) is 24.6 Å². The Hall–Kier alpha value is -1.08. The fraction of sp³-hybridized carbons (Fsp3) is 0.750. The lowest BCUT2D eigenvalue weighted by Gasteiger charge is -2.23. The zero-order valence-electron chi connectivity index (χ0n) is 11.2. The fourth-order valence-electron chi connectivity index (χ4n) is 2.12. The van der Waals surface area contributed by atoms with E-state index in [2.05, 4.69) is 10.2 Å². The number of rotatable bonds is 4. The molecule has 1 unspecified atom stereocenters. The number of hydrogen-bond donors (Lipinski definition) is 1. The summed E-state index contributed by atoms with van der Waals surface area (Å²) in [7, 11) is 0. The largest absolute Gasteiger partial charge is 0.415 e. The Bertz CT molecular complexity index is 416. The average molecular weight is 284 g/mol. The van der Waals surface area contributed by atoms with E-state index in [1.807, 2.05) is 11.8 Å². The molecule has 6 nitrogen and oxygen atoms in total. The maximum Gasteiger partial charge on any atom is 0.277 e. The molecule has 0 spiro atoms. The van der Waals surface area contributed by atoms with Crippen LogP contribution in [-0.2, 0) is 11.3 Å². The van der Waals surface area contributed by atoms with E-state index in [0.29, 0.717) is 11.1 Å². The van der Waals surface area contributed by atoms with Gasteiger partial charge in [0.2, 0.25) is 11.8 Å². The molecule has 0 bridgehead atoms. The van der Waals surface area contributed by atoms with Gasteiger partial charge >= 0.3 is 0 Å². The van der Waals surface area contributed by atoms with Crippen molar-refractivity contribution in [3.8, 4) is 0 Å². The van der Waals surface area contributed by atoms with E-state index in [-0.39, 0.29) is 17.7 Å². The first-order valence-corrected chi connectivity index (χ1v) is 7.56. The van der Waals surface area contributed by atoms with Crippen LogP contribution in [0.5, 0.6) is 0 Å². The average Bonchev–Trinajstić information content (AvgIpc) is 2.70. The van der Waals surface area contributed by atoms with Crippen LogP contribution >= 0.6 is 11.8 Å². The van der Waals surface area contributed by atoms with Gasteiger partial charge in [-0.2, -0.15) is 0 Å². The molecule has 1 aromatic heterocycles. The standard InChI is InChI=1S/C12H20N4O2S/c1-9(19-12-15-14-10(8-13)18-12)11(17)16-6-4-2-3-5-7-16/h9H,2-8,13H2,1H3. The summed E-state index contributed by atoms with van der Waals surface area (Å²) in [5.74, 6) is 0.552. The van der Waals surface area contributed by atoms with Gasteiger partial charge in [-0.3, -0.25) is 4.79 Å². The number of hydrogen-bond acceptors (Lipinski definition) is 6. The Morgan fingerprint density at radius 1 is 1.37 bits per heavy atom. The Kier molecular flexibility index (Phi) is 5.21. The zero-order chi connectivity index (χ0) is 13.7. The summed E-state index contributed by atoms with van der Waals surface area (Å²) in [4.78, 5) is 14.3. The van der Waals surface area contributed by atoms with E-state index in [9.17, 15) is 4.79 Å². The van der Waals surface area contributed by atoms with Crippen molar-refractivity contribution in [2.24, 2.45) is 5.73 Å². The Morgan fingerprint density at radius 3 is 2.63 bits per heavy atom. The molecule has 0 saturated carbocycles. The van der Waals surface area contributed by atoms with Crippen LogP contribution in [0.2, 0.25) is 0 Å². The molecule has 1 aliphatic rings. The first-order valence-electron chi connectivity index (χ1n) is 6.68. The first kappa shape index (κ1) is 14.3. The van der Waals surface area contributed by atoms with E-state index in [1.54, 1.807) is 0 Å². The van der Waals surface area contributed by atoms with Gasteiger partial charge in [-0.15, -0.1) is 10.2 Å². The Labute approximate surface area is 117 Å².